The summed E-state index contributed by atoms with van der Waals surface area (Å²) < 4.78 is 10.4. The highest BCUT2D eigenvalue weighted by molar-refractivity contribution is 6.03. The Morgan fingerprint density at radius 2 is 2.20 bits per heavy atom. The van der Waals surface area contributed by atoms with Gasteiger partial charge in [0.1, 0.15) is 5.75 Å². The van der Waals surface area contributed by atoms with Crippen LogP contribution in [0.3, 0.4) is 0 Å². The molecular weight excluding hydrogens is 190 g/mol. The van der Waals surface area contributed by atoms with Gasteiger partial charge < -0.3 is 9.47 Å². The summed E-state index contributed by atoms with van der Waals surface area (Å²) in [5, 5.41) is 0. The summed E-state index contributed by atoms with van der Waals surface area (Å²) >= 11 is 0. The van der Waals surface area contributed by atoms with Gasteiger partial charge in [0, 0.05) is 19.2 Å². The predicted molar refractivity (Wildman–Crippen MR) is 60.0 cm³/mol. The summed E-state index contributed by atoms with van der Waals surface area (Å²) in [5.41, 5.74) is 3.53. The maximum absolute atomic E-state index is 5.21. The van der Waals surface area contributed by atoms with E-state index < -0.39 is 0 Å². The molecule has 1 aliphatic heterocycles. The van der Waals surface area contributed by atoms with Gasteiger partial charge in [-0.25, -0.2) is 0 Å². The van der Waals surface area contributed by atoms with E-state index in [0.717, 1.165) is 24.4 Å². The molecule has 15 heavy (non-hydrogen) atoms. The zero-order valence-corrected chi connectivity index (χ0v) is 9.12. The molecule has 0 bridgehead atoms. The molecule has 0 aliphatic carbocycles. The van der Waals surface area contributed by atoms with Crippen LogP contribution in [0.4, 0.5) is 0 Å². The van der Waals surface area contributed by atoms with Crippen LogP contribution < -0.4 is 4.74 Å². The van der Waals surface area contributed by atoms with E-state index in [1.54, 1.807) is 14.2 Å². The van der Waals surface area contributed by atoms with Gasteiger partial charge in [0.2, 0.25) is 0 Å². The van der Waals surface area contributed by atoms with Crippen LogP contribution in [-0.4, -0.2) is 33.1 Å². The van der Waals surface area contributed by atoms with Gasteiger partial charge in [-0.2, -0.15) is 0 Å². The molecule has 1 heterocycles. The minimum Gasteiger partial charge on any atom is -0.497 e. The molecule has 0 radical (unpaired) electrons. The van der Waals surface area contributed by atoms with Crippen molar-refractivity contribution in [2.75, 3.05) is 27.4 Å². The topological polar surface area (TPSA) is 30.8 Å². The third-order valence-electron chi connectivity index (χ3n) is 2.59. The molecule has 0 aromatic heterocycles. The smallest absolute Gasteiger partial charge is 0.119 e. The second-order valence-corrected chi connectivity index (χ2v) is 3.53. The number of hydrogen-bond acceptors (Lipinski definition) is 3. The predicted octanol–water partition coefficient (Wildman–Crippen LogP) is 1.69. The van der Waals surface area contributed by atoms with Crippen molar-refractivity contribution in [3.63, 3.8) is 0 Å². The van der Waals surface area contributed by atoms with Crippen molar-refractivity contribution in [3.05, 3.63) is 29.3 Å². The fraction of sp³-hybridized carbons (Fsp3) is 0.417. The molecule has 0 N–H and O–H groups in total. The standard InChI is InChI=1S/C12H15NO2/c1-14-8-12-11-7-10(15-2)4-3-9(11)5-6-13-12/h3-4,7H,5-6,8H2,1-2H3. The summed E-state index contributed by atoms with van der Waals surface area (Å²) in [6, 6.07) is 6.14. The molecule has 1 aromatic rings. The molecule has 80 valence electrons. The third-order valence-corrected chi connectivity index (χ3v) is 2.59. The quantitative estimate of drug-likeness (QED) is 0.751. The van der Waals surface area contributed by atoms with E-state index in [2.05, 4.69) is 11.1 Å². The van der Waals surface area contributed by atoms with Crippen LogP contribution in [0.2, 0.25) is 0 Å². The molecule has 1 aromatic carbocycles. The SMILES string of the molecule is COCC1=NCCc2ccc(OC)cc21. The minimum atomic E-state index is 0.570. The zero-order chi connectivity index (χ0) is 10.7. The van der Waals surface area contributed by atoms with Crippen molar-refractivity contribution < 1.29 is 9.47 Å². The Kier molecular flexibility index (Phi) is 3.02. The highest BCUT2D eigenvalue weighted by Gasteiger charge is 2.14. The van der Waals surface area contributed by atoms with Crippen LogP contribution in [-0.2, 0) is 11.2 Å². The molecule has 0 unspecified atom stereocenters. The lowest BCUT2D eigenvalue weighted by Crippen LogP contribution is -2.17. The van der Waals surface area contributed by atoms with Crippen LogP contribution in [0.15, 0.2) is 23.2 Å². The van der Waals surface area contributed by atoms with Gasteiger partial charge in [-0.1, -0.05) is 6.07 Å². The van der Waals surface area contributed by atoms with E-state index in [0.29, 0.717) is 6.61 Å². The van der Waals surface area contributed by atoms with Crippen molar-refractivity contribution >= 4 is 5.71 Å². The third kappa shape index (κ3) is 2.02. The Balaban J connectivity index is 2.38. The first-order chi connectivity index (χ1) is 7.35. The van der Waals surface area contributed by atoms with E-state index in [1.807, 2.05) is 12.1 Å². The molecule has 0 atom stereocenters. The Morgan fingerprint density at radius 3 is 2.93 bits per heavy atom. The first-order valence-corrected chi connectivity index (χ1v) is 5.04. The number of rotatable bonds is 3. The molecule has 0 saturated carbocycles. The average molecular weight is 205 g/mol. The first-order valence-electron chi connectivity index (χ1n) is 5.04. The summed E-state index contributed by atoms with van der Waals surface area (Å²) in [6.07, 6.45) is 1.01. The van der Waals surface area contributed by atoms with Crippen LogP contribution in [0, 0.1) is 0 Å². The minimum absolute atomic E-state index is 0.570. The molecule has 3 nitrogen and oxygen atoms in total. The maximum atomic E-state index is 5.21. The summed E-state index contributed by atoms with van der Waals surface area (Å²) in [5.74, 6) is 0.874. The second-order valence-electron chi connectivity index (χ2n) is 3.53. The van der Waals surface area contributed by atoms with Gasteiger partial charge in [-0.15, -0.1) is 0 Å². The fourth-order valence-electron chi connectivity index (χ4n) is 1.83. The Bertz CT molecular complexity index is 385. The number of methoxy groups -OCH3 is 2. The molecule has 0 saturated heterocycles. The Hall–Kier alpha value is -1.35. The fourth-order valence-corrected chi connectivity index (χ4v) is 1.83. The number of fused-ring (bicyclic) bond motifs is 1. The monoisotopic (exact) mass is 205 g/mol. The molecule has 0 amide bonds. The maximum Gasteiger partial charge on any atom is 0.119 e. The van der Waals surface area contributed by atoms with E-state index >= 15 is 0 Å². The van der Waals surface area contributed by atoms with E-state index in [1.165, 1.54) is 11.1 Å². The summed E-state index contributed by atoms with van der Waals surface area (Å²) in [6.45, 7) is 1.43. The molecule has 3 heteroatoms. The van der Waals surface area contributed by atoms with Gasteiger partial charge in [-0.3, -0.25) is 4.99 Å². The second kappa shape index (κ2) is 4.45. The van der Waals surface area contributed by atoms with Gasteiger partial charge in [0.25, 0.3) is 0 Å². The zero-order valence-electron chi connectivity index (χ0n) is 9.12. The van der Waals surface area contributed by atoms with Gasteiger partial charge in [0.15, 0.2) is 0 Å². The van der Waals surface area contributed by atoms with Gasteiger partial charge in [-0.05, 0) is 24.1 Å². The van der Waals surface area contributed by atoms with Crippen LogP contribution >= 0.6 is 0 Å². The molecule has 0 fully saturated rings. The molecular formula is C12H15NO2. The Labute approximate surface area is 89.7 Å². The van der Waals surface area contributed by atoms with Crippen molar-refractivity contribution in [2.45, 2.75) is 6.42 Å². The van der Waals surface area contributed by atoms with Crippen molar-refractivity contribution in [1.29, 1.82) is 0 Å². The lowest BCUT2D eigenvalue weighted by atomic mass is 9.98. The molecule has 0 spiro atoms. The van der Waals surface area contributed by atoms with Crippen LogP contribution in [0.25, 0.3) is 0 Å². The largest absolute Gasteiger partial charge is 0.497 e. The first kappa shape index (κ1) is 10.2. The number of ether oxygens (including phenoxy) is 2. The highest BCUT2D eigenvalue weighted by Crippen LogP contribution is 2.22. The van der Waals surface area contributed by atoms with Crippen molar-refractivity contribution in [2.24, 2.45) is 4.99 Å². The number of benzene rings is 1. The van der Waals surface area contributed by atoms with Crippen molar-refractivity contribution in [3.8, 4) is 5.75 Å². The normalized spacial score (nSPS) is 14.4. The van der Waals surface area contributed by atoms with E-state index in [4.69, 9.17) is 9.47 Å². The molecule has 2 rings (SSSR count). The number of nitrogens with zero attached hydrogens (tertiary/aromatic N) is 1. The van der Waals surface area contributed by atoms with Gasteiger partial charge in [0.05, 0.1) is 19.4 Å². The molecule has 1 aliphatic rings. The lowest BCUT2D eigenvalue weighted by Gasteiger charge is -2.17. The van der Waals surface area contributed by atoms with Crippen LogP contribution in [0.1, 0.15) is 11.1 Å². The lowest BCUT2D eigenvalue weighted by molar-refractivity contribution is 0.245. The number of hydrogen-bond donors (Lipinski definition) is 0. The number of aliphatic imine (C=N–C) groups is 1. The van der Waals surface area contributed by atoms with Crippen LogP contribution in [0.5, 0.6) is 5.75 Å². The highest BCUT2D eigenvalue weighted by atomic mass is 16.5. The van der Waals surface area contributed by atoms with E-state index in [-0.39, 0.29) is 0 Å². The average Bonchev–Trinajstić information content (AvgIpc) is 2.29. The van der Waals surface area contributed by atoms with Crippen molar-refractivity contribution in [1.82, 2.24) is 0 Å². The summed E-state index contributed by atoms with van der Waals surface area (Å²) in [4.78, 5) is 4.47. The van der Waals surface area contributed by atoms with E-state index in [9.17, 15) is 0 Å². The Morgan fingerprint density at radius 1 is 1.33 bits per heavy atom. The summed E-state index contributed by atoms with van der Waals surface area (Å²) in [7, 11) is 3.37. The van der Waals surface area contributed by atoms with Gasteiger partial charge >= 0.3 is 0 Å².